The molecule has 0 aromatic heterocycles. The lowest BCUT2D eigenvalue weighted by molar-refractivity contribution is -0.139. The summed E-state index contributed by atoms with van der Waals surface area (Å²) in [5, 5.41) is 3.81. The van der Waals surface area contributed by atoms with E-state index in [1.54, 1.807) is 31.2 Å². The van der Waals surface area contributed by atoms with E-state index in [1.807, 2.05) is 6.92 Å². The van der Waals surface area contributed by atoms with E-state index in [-0.39, 0.29) is 28.2 Å². The molecule has 2 amide bonds. The molecule has 0 radical (unpaired) electrons. The predicted molar refractivity (Wildman–Crippen MR) is 138 cm³/mol. The number of hydrogen-bond donors (Lipinski definition) is 1. The number of anilines is 1. The highest BCUT2D eigenvalue weighted by Gasteiger charge is 2.30. The summed E-state index contributed by atoms with van der Waals surface area (Å²) in [5.74, 6) is -0.887. The molecule has 0 bridgehead atoms. The zero-order valence-electron chi connectivity index (χ0n) is 19.2. The van der Waals surface area contributed by atoms with E-state index in [9.17, 15) is 18.0 Å². The van der Waals surface area contributed by atoms with Crippen LogP contribution in [0.3, 0.4) is 0 Å². The standard InChI is InChI=1S/C23H28Cl3N3O4S/c1-4-5-10-27-23(31)16(2)28(14-17-6-8-18(24)9-7-17)22(30)15-29(34(3,32)33)21-12-19(25)11-20(26)13-21/h6-9,11-13,16H,4-5,10,14-15H2,1-3H3,(H,27,31). The third-order valence-electron chi connectivity index (χ3n) is 5.08. The molecule has 7 nitrogen and oxygen atoms in total. The Kier molecular flexibility index (Phi) is 10.5. The van der Waals surface area contributed by atoms with Gasteiger partial charge in [0.2, 0.25) is 21.8 Å². The van der Waals surface area contributed by atoms with Crippen molar-refractivity contribution in [2.75, 3.05) is 23.7 Å². The van der Waals surface area contributed by atoms with Crippen LogP contribution in [-0.4, -0.2) is 50.5 Å². The number of halogens is 3. The number of hydrogen-bond acceptors (Lipinski definition) is 4. The van der Waals surface area contributed by atoms with Gasteiger partial charge < -0.3 is 10.2 Å². The van der Waals surface area contributed by atoms with Crippen LogP contribution in [0, 0.1) is 0 Å². The molecular formula is C23H28Cl3N3O4S. The van der Waals surface area contributed by atoms with Crippen LogP contribution in [0.1, 0.15) is 32.3 Å². The van der Waals surface area contributed by atoms with Gasteiger partial charge in [-0.1, -0.05) is 60.3 Å². The summed E-state index contributed by atoms with van der Waals surface area (Å²) in [7, 11) is -3.87. The second kappa shape index (κ2) is 12.6. The minimum Gasteiger partial charge on any atom is -0.354 e. The minimum atomic E-state index is -3.87. The molecule has 0 spiro atoms. The molecule has 1 atom stereocenters. The highest BCUT2D eigenvalue weighted by molar-refractivity contribution is 7.92. The monoisotopic (exact) mass is 547 g/mol. The molecule has 0 fully saturated rings. The van der Waals surface area contributed by atoms with Gasteiger partial charge in [-0.3, -0.25) is 13.9 Å². The molecule has 0 heterocycles. The lowest BCUT2D eigenvalue weighted by Crippen LogP contribution is -2.51. The van der Waals surface area contributed by atoms with Crippen LogP contribution in [0.2, 0.25) is 15.1 Å². The first kappa shape index (κ1) is 28.2. The normalized spacial score (nSPS) is 12.2. The van der Waals surface area contributed by atoms with Crippen molar-refractivity contribution in [1.82, 2.24) is 10.2 Å². The molecule has 1 unspecified atom stereocenters. The van der Waals surface area contributed by atoms with Crippen LogP contribution in [0.15, 0.2) is 42.5 Å². The molecule has 2 aromatic rings. The van der Waals surface area contributed by atoms with Gasteiger partial charge >= 0.3 is 0 Å². The van der Waals surface area contributed by atoms with E-state index < -0.39 is 28.5 Å². The zero-order valence-corrected chi connectivity index (χ0v) is 22.3. The fourth-order valence-corrected chi connectivity index (χ4v) is 4.68. The fourth-order valence-electron chi connectivity index (χ4n) is 3.20. The molecule has 0 aliphatic carbocycles. The Balaban J connectivity index is 2.37. The molecule has 11 heteroatoms. The highest BCUT2D eigenvalue weighted by Crippen LogP contribution is 2.27. The quantitative estimate of drug-likeness (QED) is 0.411. The predicted octanol–water partition coefficient (Wildman–Crippen LogP) is 4.75. The smallest absolute Gasteiger partial charge is 0.244 e. The van der Waals surface area contributed by atoms with Gasteiger partial charge in [0, 0.05) is 28.2 Å². The van der Waals surface area contributed by atoms with E-state index in [4.69, 9.17) is 34.8 Å². The zero-order chi connectivity index (χ0) is 25.5. The van der Waals surface area contributed by atoms with E-state index in [2.05, 4.69) is 5.32 Å². The Hall–Kier alpha value is -2.00. The number of nitrogens with one attached hydrogen (secondary N) is 1. The van der Waals surface area contributed by atoms with E-state index in [0.29, 0.717) is 11.6 Å². The second-order valence-electron chi connectivity index (χ2n) is 7.87. The van der Waals surface area contributed by atoms with Gasteiger partial charge in [0.25, 0.3) is 0 Å². The van der Waals surface area contributed by atoms with Crippen molar-refractivity contribution in [2.45, 2.75) is 39.3 Å². The summed E-state index contributed by atoms with van der Waals surface area (Å²) in [6, 6.07) is 10.3. The van der Waals surface area contributed by atoms with Gasteiger partial charge in [-0.25, -0.2) is 8.42 Å². The first-order valence-corrected chi connectivity index (χ1v) is 13.7. The molecule has 2 aromatic carbocycles. The first-order valence-electron chi connectivity index (χ1n) is 10.7. The maximum Gasteiger partial charge on any atom is 0.244 e. The maximum atomic E-state index is 13.4. The highest BCUT2D eigenvalue weighted by atomic mass is 35.5. The molecular weight excluding hydrogens is 521 g/mol. The molecule has 0 saturated heterocycles. The Morgan fingerprint density at radius 2 is 1.59 bits per heavy atom. The van der Waals surface area contributed by atoms with E-state index >= 15 is 0 Å². The number of benzene rings is 2. The number of amides is 2. The SMILES string of the molecule is CCCCNC(=O)C(C)N(Cc1ccc(Cl)cc1)C(=O)CN(c1cc(Cl)cc(Cl)c1)S(C)(=O)=O. The summed E-state index contributed by atoms with van der Waals surface area (Å²) in [5.41, 5.74) is 0.891. The van der Waals surface area contributed by atoms with Gasteiger partial charge in [0.05, 0.1) is 11.9 Å². The molecule has 2 rings (SSSR count). The molecule has 0 saturated carbocycles. The van der Waals surface area contributed by atoms with Crippen LogP contribution in [-0.2, 0) is 26.2 Å². The van der Waals surface area contributed by atoms with Crippen molar-refractivity contribution in [3.63, 3.8) is 0 Å². The third kappa shape index (κ3) is 8.34. The molecule has 186 valence electrons. The van der Waals surface area contributed by atoms with Crippen molar-refractivity contribution in [1.29, 1.82) is 0 Å². The average Bonchev–Trinajstić information content (AvgIpc) is 2.75. The first-order chi connectivity index (χ1) is 15.9. The summed E-state index contributed by atoms with van der Waals surface area (Å²) in [4.78, 5) is 27.5. The number of rotatable bonds is 11. The van der Waals surface area contributed by atoms with Crippen molar-refractivity contribution >= 4 is 62.3 Å². The van der Waals surface area contributed by atoms with Gasteiger partial charge in [-0.2, -0.15) is 0 Å². The van der Waals surface area contributed by atoms with Gasteiger partial charge in [-0.05, 0) is 49.2 Å². The van der Waals surface area contributed by atoms with Crippen LogP contribution in [0.4, 0.5) is 5.69 Å². The third-order valence-corrected chi connectivity index (χ3v) is 6.91. The van der Waals surface area contributed by atoms with Crippen LogP contribution in [0.5, 0.6) is 0 Å². The van der Waals surface area contributed by atoms with Gasteiger partial charge in [0.15, 0.2) is 0 Å². The number of unbranched alkanes of at least 4 members (excludes halogenated alkanes) is 1. The van der Waals surface area contributed by atoms with Crippen molar-refractivity contribution in [2.24, 2.45) is 0 Å². The largest absolute Gasteiger partial charge is 0.354 e. The Bertz CT molecular complexity index is 1090. The average molecular weight is 549 g/mol. The van der Waals surface area contributed by atoms with E-state index in [1.165, 1.54) is 23.1 Å². The number of nitrogens with zero attached hydrogens (tertiary/aromatic N) is 2. The number of carbonyl (C=O) groups excluding carboxylic acids is 2. The lowest BCUT2D eigenvalue weighted by atomic mass is 10.1. The van der Waals surface area contributed by atoms with Crippen molar-refractivity contribution < 1.29 is 18.0 Å². The fraction of sp³-hybridized carbons (Fsp3) is 0.391. The number of carbonyl (C=O) groups is 2. The van der Waals surface area contributed by atoms with Crippen molar-refractivity contribution in [3.05, 3.63) is 63.1 Å². The second-order valence-corrected chi connectivity index (χ2v) is 11.1. The Labute approximate surface area is 216 Å². The summed E-state index contributed by atoms with van der Waals surface area (Å²) in [6.45, 7) is 3.66. The van der Waals surface area contributed by atoms with Gasteiger partial charge in [0.1, 0.15) is 12.6 Å². The van der Waals surface area contributed by atoms with E-state index in [0.717, 1.165) is 29.0 Å². The molecule has 34 heavy (non-hydrogen) atoms. The lowest BCUT2D eigenvalue weighted by Gasteiger charge is -2.31. The summed E-state index contributed by atoms with van der Waals surface area (Å²) < 4.78 is 26.0. The van der Waals surface area contributed by atoms with Crippen LogP contribution < -0.4 is 9.62 Å². The van der Waals surface area contributed by atoms with Crippen LogP contribution >= 0.6 is 34.8 Å². The Morgan fingerprint density at radius 3 is 2.12 bits per heavy atom. The summed E-state index contributed by atoms with van der Waals surface area (Å²) in [6.07, 6.45) is 2.70. The molecule has 1 N–H and O–H groups in total. The van der Waals surface area contributed by atoms with Gasteiger partial charge in [-0.15, -0.1) is 0 Å². The Morgan fingerprint density at radius 1 is 1.00 bits per heavy atom. The topological polar surface area (TPSA) is 86.8 Å². The van der Waals surface area contributed by atoms with Crippen molar-refractivity contribution in [3.8, 4) is 0 Å². The molecule has 0 aliphatic heterocycles. The summed E-state index contributed by atoms with van der Waals surface area (Å²) >= 11 is 18.1. The number of sulfonamides is 1. The minimum absolute atomic E-state index is 0.0896. The maximum absolute atomic E-state index is 13.4. The van der Waals surface area contributed by atoms with Crippen LogP contribution in [0.25, 0.3) is 0 Å². The molecule has 0 aliphatic rings.